The fraction of sp³-hybridized carbons (Fsp3) is 0.318. The topological polar surface area (TPSA) is 3.24 Å². The minimum atomic E-state index is -4.32. The highest BCUT2D eigenvalue weighted by Gasteiger charge is 2.33. The summed E-state index contributed by atoms with van der Waals surface area (Å²) in [7, 11) is 0. The van der Waals surface area contributed by atoms with Gasteiger partial charge >= 0.3 is 6.18 Å². The SMILES string of the molecule is C=C(C)C#C[C@H](c1ccsc1)N1CC[CH]C[C@H]1c1ccc(C(F)(F)F)cc1. The zero-order valence-corrected chi connectivity index (χ0v) is 15.9. The highest BCUT2D eigenvalue weighted by Crippen LogP contribution is 2.38. The molecule has 1 aliphatic rings. The van der Waals surface area contributed by atoms with E-state index >= 15 is 0 Å². The second-order valence-electron chi connectivity index (χ2n) is 6.70. The number of thiophene rings is 1. The third-order valence-corrected chi connectivity index (χ3v) is 5.32. The van der Waals surface area contributed by atoms with Gasteiger partial charge in [0, 0.05) is 12.6 Å². The summed E-state index contributed by atoms with van der Waals surface area (Å²) in [6.07, 6.45) is -0.383. The summed E-state index contributed by atoms with van der Waals surface area (Å²) in [5, 5.41) is 4.11. The van der Waals surface area contributed by atoms with Crippen molar-refractivity contribution in [2.24, 2.45) is 0 Å². The predicted octanol–water partition coefficient (Wildman–Crippen LogP) is 6.43. The van der Waals surface area contributed by atoms with Crippen molar-refractivity contribution in [1.82, 2.24) is 4.90 Å². The molecule has 5 heteroatoms. The monoisotopic (exact) mass is 388 g/mol. The molecule has 1 fully saturated rings. The first kappa shape index (κ1) is 19.7. The molecule has 1 aromatic carbocycles. The number of piperidine rings is 1. The Morgan fingerprint density at radius 3 is 2.59 bits per heavy atom. The smallest absolute Gasteiger partial charge is 0.279 e. The third kappa shape index (κ3) is 4.82. The van der Waals surface area contributed by atoms with Gasteiger partial charge in [-0.05, 0) is 71.8 Å². The van der Waals surface area contributed by atoms with Crippen LogP contribution in [-0.4, -0.2) is 11.4 Å². The molecular formula is C22H21F3NS. The molecule has 0 spiro atoms. The summed E-state index contributed by atoms with van der Waals surface area (Å²) in [6, 6.07) is 7.49. The Morgan fingerprint density at radius 1 is 1.26 bits per heavy atom. The van der Waals surface area contributed by atoms with Gasteiger partial charge in [0.15, 0.2) is 0 Å². The van der Waals surface area contributed by atoms with Crippen molar-refractivity contribution in [2.75, 3.05) is 6.54 Å². The van der Waals surface area contributed by atoms with Crippen LogP contribution in [0.15, 0.2) is 53.2 Å². The molecule has 0 N–H and O–H groups in total. The average molecular weight is 388 g/mol. The van der Waals surface area contributed by atoms with Crippen LogP contribution < -0.4 is 0 Å². The minimum absolute atomic E-state index is 0.00496. The van der Waals surface area contributed by atoms with E-state index in [-0.39, 0.29) is 12.1 Å². The highest BCUT2D eigenvalue weighted by atomic mass is 32.1. The molecule has 141 valence electrons. The van der Waals surface area contributed by atoms with Crippen LogP contribution in [-0.2, 0) is 6.18 Å². The summed E-state index contributed by atoms with van der Waals surface area (Å²) in [5.41, 5.74) is 2.18. The van der Waals surface area contributed by atoms with E-state index in [0.717, 1.165) is 36.1 Å². The van der Waals surface area contributed by atoms with Crippen LogP contribution >= 0.6 is 11.3 Å². The van der Waals surface area contributed by atoms with E-state index in [1.807, 2.05) is 12.3 Å². The molecule has 0 saturated carbocycles. The van der Waals surface area contributed by atoms with E-state index in [2.05, 4.69) is 41.2 Å². The van der Waals surface area contributed by atoms with Crippen molar-refractivity contribution < 1.29 is 13.2 Å². The number of hydrogen-bond donors (Lipinski definition) is 0. The molecule has 2 heterocycles. The molecule has 1 aliphatic heterocycles. The Balaban J connectivity index is 1.94. The zero-order chi connectivity index (χ0) is 19.4. The van der Waals surface area contributed by atoms with Gasteiger partial charge in [0.05, 0.1) is 11.6 Å². The van der Waals surface area contributed by atoms with E-state index in [1.165, 1.54) is 12.1 Å². The van der Waals surface area contributed by atoms with Crippen LogP contribution in [0.3, 0.4) is 0 Å². The second-order valence-corrected chi connectivity index (χ2v) is 7.48. The molecule has 1 radical (unpaired) electrons. The van der Waals surface area contributed by atoms with Gasteiger partial charge in [-0.2, -0.15) is 24.5 Å². The molecule has 0 unspecified atom stereocenters. The van der Waals surface area contributed by atoms with E-state index < -0.39 is 11.7 Å². The molecule has 1 saturated heterocycles. The Morgan fingerprint density at radius 2 is 2.00 bits per heavy atom. The number of alkyl halides is 3. The molecule has 2 atom stereocenters. The molecule has 27 heavy (non-hydrogen) atoms. The number of rotatable bonds is 3. The zero-order valence-electron chi connectivity index (χ0n) is 15.1. The van der Waals surface area contributed by atoms with Crippen LogP contribution in [0.4, 0.5) is 13.2 Å². The Bertz CT molecular complexity index is 825. The summed E-state index contributed by atoms with van der Waals surface area (Å²) in [5.74, 6) is 6.41. The van der Waals surface area contributed by atoms with Crippen LogP contribution in [0.2, 0.25) is 0 Å². The van der Waals surface area contributed by atoms with Crippen molar-refractivity contribution in [1.29, 1.82) is 0 Å². The predicted molar refractivity (Wildman–Crippen MR) is 104 cm³/mol. The first-order valence-electron chi connectivity index (χ1n) is 8.80. The van der Waals surface area contributed by atoms with Gasteiger partial charge in [0.2, 0.25) is 0 Å². The van der Waals surface area contributed by atoms with Gasteiger partial charge < -0.3 is 0 Å². The van der Waals surface area contributed by atoms with Crippen molar-refractivity contribution in [3.05, 3.63) is 76.4 Å². The Hall–Kier alpha value is -2.03. The normalized spacial score (nSPS) is 19.2. The van der Waals surface area contributed by atoms with Crippen LogP contribution in [0.1, 0.15) is 48.5 Å². The number of halogens is 3. The lowest BCUT2D eigenvalue weighted by atomic mass is 9.91. The maximum atomic E-state index is 12.9. The number of likely N-dealkylation sites (tertiary alicyclic amines) is 1. The molecule has 0 amide bonds. The number of hydrogen-bond acceptors (Lipinski definition) is 2. The van der Waals surface area contributed by atoms with Gasteiger partial charge in [-0.3, -0.25) is 4.90 Å². The molecule has 0 bridgehead atoms. The first-order chi connectivity index (χ1) is 12.9. The van der Waals surface area contributed by atoms with Gasteiger partial charge in [0.1, 0.15) is 0 Å². The summed E-state index contributed by atoms with van der Waals surface area (Å²) >= 11 is 1.62. The highest BCUT2D eigenvalue weighted by molar-refractivity contribution is 7.08. The number of allylic oxidation sites excluding steroid dienone is 1. The van der Waals surface area contributed by atoms with Gasteiger partial charge in [0.25, 0.3) is 0 Å². The van der Waals surface area contributed by atoms with Crippen molar-refractivity contribution in [3.63, 3.8) is 0 Å². The largest absolute Gasteiger partial charge is 0.416 e. The second kappa shape index (κ2) is 8.33. The maximum Gasteiger partial charge on any atom is 0.416 e. The molecule has 2 aromatic rings. The lowest BCUT2D eigenvalue weighted by Crippen LogP contribution is -2.36. The molecule has 1 nitrogen and oxygen atoms in total. The lowest BCUT2D eigenvalue weighted by Gasteiger charge is -2.39. The van der Waals surface area contributed by atoms with Crippen molar-refractivity contribution >= 4 is 11.3 Å². The maximum absolute atomic E-state index is 12.9. The number of benzene rings is 1. The summed E-state index contributed by atoms with van der Waals surface area (Å²) in [6.45, 7) is 6.55. The quantitative estimate of drug-likeness (QED) is 0.548. The van der Waals surface area contributed by atoms with Crippen LogP contribution in [0.25, 0.3) is 0 Å². The van der Waals surface area contributed by atoms with E-state index in [4.69, 9.17) is 0 Å². The average Bonchev–Trinajstić information content (AvgIpc) is 3.16. The van der Waals surface area contributed by atoms with Gasteiger partial charge in [-0.1, -0.05) is 30.6 Å². The van der Waals surface area contributed by atoms with Gasteiger partial charge in [-0.15, -0.1) is 0 Å². The molecule has 1 aromatic heterocycles. The standard InChI is InChI=1S/C22H21F3NS/c1-16(2)6-11-21(18-12-14-27-15-18)26-13-4-3-5-20(26)17-7-9-19(10-8-17)22(23,24)25/h3,7-10,12,14-15,20-21H,1,4-5,13H2,2H3/t20-,21+/m0/s1. The Kier molecular flexibility index (Phi) is 6.08. The first-order valence-corrected chi connectivity index (χ1v) is 9.74. The Labute approximate surface area is 162 Å². The summed E-state index contributed by atoms with van der Waals surface area (Å²) in [4.78, 5) is 2.29. The molecule has 0 aliphatic carbocycles. The molecular weight excluding hydrogens is 367 g/mol. The van der Waals surface area contributed by atoms with E-state index in [0.29, 0.717) is 0 Å². The van der Waals surface area contributed by atoms with E-state index in [1.54, 1.807) is 23.5 Å². The summed E-state index contributed by atoms with van der Waals surface area (Å²) < 4.78 is 38.7. The minimum Gasteiger partial charge on any atom is -0.279 e. The lowest BCUT2D eigenvalue weighted by molar-refractivity contribution is -0.137. The van der Waals surface area contributed by atoms with Gasteiger partial charge in [-0.25, -0.2) is 0 Å². The van der Waals surface area contributed by atoms with Crippen LogP contribution in [0.5, 0.6) is 0 Å². The van der Waals surface area contributed by atoms with E-state index in [9.17, 15) is 13.2 Å². The number of nitrogens with zero attached hydrogens (tertiary/aromatic N) is 1. The fourth-order valence-corrected chi connectivity index (χ4v) is 4.00. The van der Waals surface area contributed by atoms with Crippen molar-refractivity contribution in [2.45, 2.75) is 38.0 Å². The van der Waals surface area contributed by atoms with Crippen LogP contribution in [0, 0.1) is 18.3 Å². The molecule has 3 rings (SSSR count). The fourth-order valence-electron chi connectivity index (χ4n) is 3.32. The van der Waals surface area contributed by atoms with Crippen molar-refractivity contribution in [3.8, 4) is 11.8 Å². The third-order valence-electron chi connectivity index (χ3n) is 4.62.